The number of benzene rings is 1. The molecule has 0 unspecified atom stereocenters. The van der Waals surface area contributed by atoms with E-state index in [0.717, 1.165) is 49.3 Å². The van der Waals surface area contributed by atoms with Crippen molar-refractivity contribution in [3.8, 4) is 0 Å². The van der Waals surface area contributed by atoms with Gasteiger partial charge >= 0.3 is 0 Å². The van der Waals surface area contributed by atoms with Gasteiger partial charge in [0.1, 0.15) is 5.82 Å². The van der Waals surface area contributed by atoms with Gasteiger partial charge in [-0.1, -0.05) is 15.9 Å². The number of ether oxygens (including phenoxy) is 1. The molecule has 0 aliphatic carbocycles. The third-order valence-corrected chi connectivity index (χ3v) is 3.58. The van der Waals surface area contributed by atoms with Crippen LogP contribution in [0.2, 0.25) is 0 Å². The molecule has 4 heteroatoms. The second kappa shape index (κ2) is 5.75. The van der Waals surface area contributed by atoms with Crippen LogP contribution in [0.15, 0.2) is 22.7 Å². The second-order valence-electron chi connectivity index (χ2n) is 3.94. The highest BCUT2D eigenvalue weighted by atomic mass is 79.9. The summed E-state index contributed by atoms with van der Waals surface area (Å²) in [5.41, 5.74) is 1.03. The average molecular weight is 288 g/mol. The van der Waals surface area contributed by atoms with Crippen molar-refractivity contribution in [2.45, 2.75) is 6.42 Å². The van der Waals surface area contributed by atoms with Crippen molar-refractivity contribution in [1.29, 1.82) is 0 Å². The molecule has 1 aromatic rings. The van der Waals surface area contributed by atoms with Gasteiger partial charge in [-0.05, 0) is 30.2 Å². The molecule has 1 aromatic carbocycles. The first kappa shape index (κ1) is 12.0. The van der Waals surface area contributed by atoms with Crippen molar-refractivity contribution in [3.63, 3.8) is 0 Å². The molecule has 0 spiro atoms. The molecular weight excluding hydrogens is 273 g/mol. The second-order valence-corrected chi connectivity index (χ2v) is 4.79. The van der Waals surface area contributed by atoms with Crippen LogP contribution in [-0.4, -0.2) is 37.7 Å². The first-order valence-corrected chi connectivity index (χ1v) is 6.29. The summed E-state index contributed by atoms with van der Waals surface area (Å²) in [6.07, 6.45) is 0.873. The minimum absolute atomic E-state index is 0.167. The van der Waals surface area contributed by atoms with Crippen LogP contribution >= 0.6 is 15.9 Å². The smallest absolute Gasteiger partial charge is 0.123 e. The van der Waals surface area contributed by atoms with Crippen LogP contribution < -0.4 is 0 Å². The van der Waals surface area contributed by atoms with E-state index in [2.05, 4.69) is 20.8 Å². The van der Waals surface area contributed by atoms with Crippen LogP contribution in [0.4, 0.5) is 4.39 Å². The van der Waals surface area contributed by atoms with E-state index in [4.69, 9.17) is 4.74 Å². The largest absolute Gasteiger partial charge is 0.379 e. The fourth-order valence-electron chi connectivity index (χ4n) is 1.84. The predicted molar refractivity (Wildman–Crippen MR) is 65.1 cm³/mol. The van der Waals surface area contributed by atoms with Crippen LogP contribution in [0.1, 0.15) is 5.56 Å². The van der Waals surface area contributed by atoms with E-state index in [1.54, 1.807) is 12.1 Å². The number of halogens is 2. The fourth-order valence-corrected chi connectivity index (χ4v) is 2.28. The monoisotopic (exact) mass is 287 g/mol. The highest BCUT2D eigenvalue weighted by molar-refractivity contribution is 9.10. The highest BCUT2D eigenvalue weighted by Crippen LogP contribution is 2.18. The first-order chi connectivity index (χ1) is 7.75. The van der Waals surface area contributed by atoms with Crippen molar-refractivity contribution in [1.82, 2.24) is 4.90 Å². The Labute approximate surface area is 104 Å². The van der Waals surface area contributed by atoms with Crippen molar-refractivity contribution in [2.75, 3.05) is 32.8 Å². The Kier molecular flexibility index (Phi) is 4.32. The van der Waals surface area contributed by atoms with Gasteiger partial charge < -0.3 is 4.74 Å². The number of rotatable bonds is 3. The van der Waals surface area contributed by atoms with Crippen LogP contribution in [0.5, 0.6) is 0 Å². The molecule has 1 heterocycles. The summed E-state index contributed by atoms with van der Waals surface area (Å²) in [6, 6.07) is 4.84. The third kappa shape index (κ3) is 3.27. The van der Waals surface area contributed by atoms with Crippen molar-refractivity contribution in [2.24, 2.45) is 0 Å². The van der Waals surface area contributed by atoms with Crippen molar-refractivity contribution >= 4 is 15.9 Å². The lowest BCUT2D eigenvalue weighted by molar-refractivity contribution is 0.0384. The van der Waals surface area contributed by atoms with Crippen molar-refractivity contribution in [3.05, 3.63) is 34.1 Å². The average Bonchev–Trinajstić information content (AvgIpc) is 2.32. The van der Waals surface area contributed by atoms with E-state index < -0.39 is 0 Å². The molecule has 0 N–H and O–H groups in total. The van der Waals surface area contributed by atoms with E-state index in [-0.39, 0.29) is 5.82 Å². The van der Waals surface area contributed by atoms with Gasteiger partial charge in [0.05, 0.1) is 13.2 Å². The van der Waals surface area contributed by atoms with Gasteiger partial charge in [0.2, 0.25) is 0 Å². The molecule has 1 saturated heterocycles. The van der Waals surface area contributed by atoms with E-state index >= 15 is 0 Å². The van der Waals surface area contributed by atoms with Gasteiger partial charge in [-0.25, -0.2) is 4.39 Å². The molecule has 88 valence electrons. The summed E-state index contributed by atoms with van der Waals surface area (Å²) < 4.78 is 19.3. The Morgan fingerprint density at radius 2 is 2.06 bits per heavy atom. The summed E-state index contributed by atoms with van der Waals surface area (Å²) in [7, 11) is 0. The van der Waals surface area contributed by atoms with Crippen LogP contribution in [0, 0.1) is 5.82 Å². The number of hydrogen-bond donors (Lipinski definition) is 0. The van der Waals surface area contributed by atoms with Gasteiger partial charge in [-0.15, -0.1) is 0 Å². The maximum atomic E-state index is 13.1. The van der Waals surface area contributed by atoms with Crippen LogP contribution in [0.25, 0.3) is 0 Å². The first-order valence-electron chi connectivity index (χ1n) is 5.50. The Morgan fingerprint density at radius 1 is 1.31 bits per heavy atom. The van der Waals surface area contributed by atoms with Crippen molar-refractivity contribution < 1.29 is 9.13 Å². The lowest BCUT2D eigenvalue weighted by atomic mass is 10.1. The Morgan fingerprint density at radius 3 is 2.81 bits per heavy atom. The van der Waals surface area contributed by atoms with Gasteiger partial charge in [0.25, 0.3) is 0 Å². The quantitative estimate of drug-likeness (QED) is 0.847. The van der Waals surface area contributed by atoms with Gasteiger partial charge in [0.15, 0.2) is 0 Å². The molecule has 1 aliphatic rings. The molecule has 16 heavy (non-hydrogen) atoms. The van der Waals surface area contributed by atoms with Gasteiger partial charge in [-0.3, -0.25) is 4.90 Å². The minimum Gasteiger partial charge on any atom is -0.379 e. The molecule has 0 saturated carbocycles. The number of hydrogen-bond acceptors (Lipinski definition) is 2. The Bertz CT molecular complexity index is 353. The summed E-state index contributed by atoms with van der Waals surface area (Å²) in [6.45, 7) is 4.54. The predicted octanol–water partition coefficient (Wildman–Crippen LogP) is 2.46. The van der Waals surface area contributed by atoms with E-state index in [0.29, 0.717) is 0 Å². The Balaban J connectivity index is 1.90. The van der Waals surface area contributed by atoms with E-state index in [9.17, 15) is 4.39 Å². The number of nitrogens with zero attached hydrogens (tertiary/aromatic N) is 1. The maximum Gasteiger partial charge on any atom is 0.123 e. The standard InChI is InChI=1S/C12H15BrFNO/c13-12-2-1-11(14)9-10(12)3-4-15-5-7-16-8-6-15/h1-2,9H,3-8H2. The normalized spacial score (nSPS) is 17.6. The maximum absolute atomic E-state index is 13.1. The molecule has 2 nitrogen and oxygen atoms in total. The molecule has 0 amide bonds. The van der Waals surface area contributed by atoms with Gasteiger partial charge in [-0.2, -0.15) is 0 Å². The third-order valence-electron chi connectivity index (χ3n) is 2.81. The zero-order chi connectivity index (χ0) is 11.4. The molecule has 0 bridgehead atoms. The summed E-state index contributed by atoms with van der Waals surface area (Å²) in [5.74, 6) is -0.167. The summed E-state index contributed by atoms with van der Waals surface area (Å²) >= 11 is 3.45. The fraction of sp³-hybridized carbons (Fsp3) is 0.500. The topological polar surface area (TPSA) is 12.5 Å². The summed E-state index contributed by atoms with van der Waals surface area (Å²) in [4.78, 5) is 2.35. The minimum atomic E-state index is -0.167. The lowest BCUT2D eigenvalue weighted by Crippen LogP contribution is -2.37. The number of morpholine rings is 1. The Hall–Kier alpha value is -0.450. The summed E-state index contributed by atoms with van der Waals surface area (Å²) in [5, 5.41) is 0. The van der Waals surface area contributed by atoms with Crippen LogP contribution in [0.3, 0.4) is 0 Å². The van der Waals surface area contributed by atoms with E-state index in [1.165, 1.54) is 6.07 Å². The molecule has 0 aromatic heterocycles. The molecule has 1 fully saturated rings. The van der Waals surface area contributed by atoms with E-state index in [1.807, 2.05) is 0 Å². The lowest BCUT2D eigenvalue weighted by Gasteiger charge is -2.26. The molecule has 2 rings (SSSR count). The SMILES string of the molecule is Fc1ccc(Br)c(CCN2CCOCC2)c1. The van der Waals surface area contributed by atoms with Crippen LogP contribution in [-0.2, 0) is 11.2 Å². The molecule has 1 aliphatic heterocycles. The molecular formula is C12H15BrFNO. The molecule has 0 radical (unpaired) electrons. The zero-order valence-corrected chi connectivity index (χ0v) is 10.7. The highest BCUT2D eigenvalue weighted by Gasteiger charge is 2.10. The molecule has 0 atom stereocenters. The zero-order valence-electron chi connectivity index (χ0n) is 9.09. The van der Waals surface area contributed by atoms with Gasteiger partial charge in [0, 0.05) is 24.1 Å².